The quantitative estimate of drug-likeness (QED) is 0.582. The van der Waals surface area contributed by atoms with Crippen LogP contribution in [0.1, 0.15) is 5.56 Å². The summed E-state index contributed by atoms with van der Waals surface area (Å²) < 4.78 is 53.4. The molecule has 1 unspecified atom stereocenters. The minimum atomic E-state index is -4.91. The maximum absolute atomic E-state index is 12.9. The van der Waals surface area contributed by atoms with Crippen LogP contribution in [0.15, 0.2) is 11.6 Å². The second-order valence-electron chi connectivity index (χ2n) is 4.26. The molecule has 0 radical (unpaired) electrons. The zero-order valence-corrected chi connectivity index (χ0v) is 13.7. The summed E-state index contributed by atoms with van der Waals surface area (Å²) in [5.74, 6) is -1.98. The molecule has 0 fully saturated rings. The molecule has 2 aliphatic rings. The van der Waals surface area contributed by atoms with Gasteiger partial charge in [-0.15, -0.1) is 0 Å². The van der Waals surface area contributed by atoms with Gasteiger partial charge in [0.15, 0.2) is 11.5 Å². The molecule has 5 nitrogen and oxygen atoms in total. The molecule has 0 bridgehead atoms. The number of hydrogen-bond acceptors (Lipinski definition) is 5. The van der Waals surface area contributed by atoms with Gasteiger partial charge in [0.1, 0.15) is 5.75 Å². The standard InChI is InChI=1S/C12H6ClF3O5.Na/c13-8-4-1-5(11(17)18)10(12(14,15)16)21-6(4)2-7-9(8)20-3-19-7;/h1-2,10H,3H2,(H,17,18);/q;+1/p-1. The molecule has 1 aromatic rings. The van der Waals surface area contributed by atoms with Gasteiger partial charge >= 0.3 is 35.7 Å². The van der Waals surface area contributed by atoms with Gasteiger partial charge in [-0.1, -0.05) is 11.6 Å². The summed E-state index contributed by atoms with van der Waals surface area (Å²) in [7, 11) is 0. The molecule has 0 saturated carbocycles. The van der Waals surface area contributed by atoms with Crippen LogP contribution in [-0.4, -0.2) is 25.0 Å². The van der Waals surface area contributed by atoms with Crippen LogP contribution in [0.5, 0.6) is 17.2 Å². The fourth-order valence-electron chi connectivity index (χ4n) is 2.06. The Morgan fingerprint density at radius 2 is 2.00 bits per heavy atom. The normalized spacial score (nSPS) is 18.7. The van der Waals surface area contributed by atoms with E-state index in [1.165, 1.54) is 6.07 Å². The maximum Gasteiger partial charge on any atom is 1.00 e. The van der Waals surface area contributed by atoms with E-state index in [0.29, 0.717) is 0 Å². The van der Waals surface area contributed by atoms with Crippen LogP contribution in [0.4, 0.5) is 13.2 Å². The van der Waals surface area contributed by atoms with E-state index in [9.17, 15) is 23.1 Å². The van der Waals surface area contributed by atoms with Gasteiger partial charge < -0.3 is 24.1 Å². The Bertz CT molecular complexity index is 674. The topological polar surface area (TPSA) is 67.8 Å². The number of rotatable bonds is 1. The summed E-state index contributed by atoms with van der Waals surface area (Å²) in [6.45, 7) is -0.141. The Kier molecular flexibility index (Phi) is 4.59. The Balaban J connectivity index is 0.00000176. The molecule has 0 N–H and O–H groups in total. The smallest absolute Gasteiger partial charge is 0.545 e. The van der Waals surface area contributed by atoms with E-state index in [1.54, 1.807) is 0 Å². The molecule has 1 aromatic carbocycles. The number of carboxylic acid groups (broad SMARTS) is 1. The van der Waals surface area contributed by atoms with Gasteiger partial charge in [-0.2, -0.15) is 13.2 Å². The predicted octanol–water partition coefficient (Wildman–Crippen LogP) is -1.47. The van der Waals surface area contributed by atoms with E-state index in [4.69, 9.17) is 25.8 Å². The third-order valence-corrected chi connectivity index (χ3v) is 3.34. The van der Waals surface area contributed by atoms with Gasteiger partial charge in [-0.05, 0) is 6.08 Å². The molecule has 10 heteroatoms. The van der Waals surface area contributed by atoms with E-state index in [1.807, 2.05) is 0 Å². The van der Waals surface area contributed by atoms with Crippen LogP contribution in [0.2, 0.25) is 5.02 Å². The predicted molar refractivity (Wildman–Crippen MR) is 61.0 cm³/mol. The molecule has 0 aromatic heterocycles. The number of fused-ring (bicyclic) bond motifs is 2. The van der Waals surface area contributed by atoms with Crippen LogP contribution in [0, 0.1) is 0 Å². The third-order valence-electron chi connectivity index (χ3n) is 2.97. The number of ether oxygens (including phenoxy) is 3. The van der Waals surface area contributed by atoms with E-state index >= 15 is 0 Å². The fraction of sp³-hybridized carbons (Fsp3) is 0.250. The molecule has 0 saturated heterocycles. The number of carbonyl (C=O) groups is 1. The molecule has 22 heavy (non-hydrogen) atoms. The molecule has 2 aliphatic heterocycles. The molecular weight excluding hydrogens is 340 g/mol. The minimum Gasteiger partial charge on any atom is -0.545 e. The van der Waals surface area contributed by atoms with Crippen molar-refractivity contribution >= 4 is 23.6 Å². The second-order valence-corrected chi connectivity index (χ2v) is 4.64. The zero-order chi connectivity index (χ0) is 15.4. The first kappa shape index (κ1) is 17.3. The van der Waals surface area contributed by atoms with Crippen molar-refractivity contribution < 1.29 is 66.8 Å². The number of carboxylic acids is 1. The molecular formula is C12H5ClF3NaO5. The van der Waals surface area contributed by atoms with E-state index in [-0.39, 0.29) is 64.2 Å². The van der Waals surface area contributed by atoms with E-state index in [2.05, 4.69) is 0 Å². The summed E-state index contributed by atoms with van der Waals surface area (Å²) in [5, 5.41) is 10.8. The Morgan fingerprint density at radius 1 is 1.32 bits per heavy atom. The second kappa shape index (κ2) is 5.84. The SMILES string of the molecule is O=C([O-])C1=Cc2c(cc3c(c2Cl)OCO3)OC1C(F)(F)F.[Na+]. The van der Waals surface area contributed by atoms with E-state index < -0.39 is 23.8 Å². The fourth-order valence-corrected chi connectivity index (χ4v) is 2.35. The van der Waals surface area contributed by atoms with E-state index in [0.717, 1.165) is 6.08 Å². The molecule has 3 rings (SSSR count). The molecule has 0 amide bonds. The van der Waals surface area contributed by atoms with Crippen molar-refractivity contribution in [2.75, 3.05) is 6.79 Å². The van der Waals surface area contributed by atoms with Gasteiger partial charge in [0.05, 0.1) is 11.0 Å². The summed E-state index contributed by atoms with van der Waals surface area (Å²) in [6, 6.07) is 1.17. The van der Waals surface area contributed by atoms with Crippen molar-refractivity contribution in [3.05, 3.63) is 22.2 Å². The van der Waals surface area contributed by atoms with Crippen LogP contribution in [0.25, 0.3) is 6.08 Å². The Labute approximate surface area is 148 Å². The van der Waals surface area contributed by atoms with Gasteiger partial charge in [-0.25, -0.2) is 0 Å². The van der Waals surface area contributed by atoms with Crippen molar-refractivity contribution in [1.82, 2.24) is 0 Å². The number of aliphatic carboxylic acids is 1. The molecule has 0 aliphatic carbocycles. The van der Waals surface area contributed by atoms with Crippen molar-refractivity contribution in [1.29, 1.82) is 0 Å². The summed E-state index contributed by atoms with van der Waals surface area (Å²) >= 11 is 5.98. The van der Waals surface area contributed by atoms with Crippen molar-refractivity contribution in [2.24, 2.45) is 0 Å². The van der Waals surface area contributed by atoms with Gasteiger partial charge in [0.25, 0.3) is 0 Å². The van der Waals surface area contributed by atoms with Crippen LogP contribution in [0.3, 0.4) is 0 Å². The number of benzene rings is 1. The first-order chi connectivity index (χ1) is 9.79. The van der Waals surface area contributed by atoms with Crippen LogP contribution < -0.4 is 48.9 Å². The third kappa shape index (κ3) is 2.76. The minimum absolute atomic E-state index is 0. The maximum atomic E-state index is 12.9. The number of hydrogen-bond donors (Lipinski definition) is 0. The average Bonchev–Trinajstić information content (AvgIpc) is 2.85. The summed E-state index contributed by atoms with van der Waals surface area (Å²) in [4.78, 5) is 10.9. The van der Waals surface area contributed by atoms with Gasteiger partial charge in [-0.3, -0.25) is 0 Å². The number of carbonyl (C=O) groups excluding carboxylic acids is 1. The van der Waals surface area contributed by atoms with Crippen molar-refractivity contribution in [3.8, 4) is 17.2 Å². The average molecular weight is 345 g/mol. The first-order valence-corrected chi connectivity index (χ1v) is 5.95. The van der Waals surface area contributed by atoms with Gasteiger partial charge in [0.2, 0.25) is 12.9 Å². The monoisotopic (exact) mass is 344 g/mol. The largest absolute Gasteiger partial charge is 1.00 e. The zero-order valence-electron chi connectivity index (χ0n) is 11.0. The van der Waals surface area contributed by atoms with Gasteiger partial charge in [0, 0.05) is 17.2 Å². The number of halogens is 4. The van der Waals surface area contributed by atoms with Crippen molar-refractivity contribution in [3.63, 3.8) is 0 Å². The van der Waals surface area contributed by atoms with Crippen LogP contribution >= 0.6 is 11.6 Å². The molecule has 1 atom stereocenters. The summed E-state index contributed by atoms with van der Waals surface area (Å²) in [6.07, 6.45) is -6.77. The Morgan fingerprint density at radius 3 is 2.59 bits per heavy atom. The molecule has 2 heterocycles. The van der Waals surface area contributed by atoms with Crippen molar-refractivity contribution in [2.45, 2.75) is 12.3 Å². The molecule has 0 spiro atoms. The summed E-state index contributed by atoms with van der Waals surface area (Å²) in [5.41, 5.74) is -1.09. The van der Waals surface area contributed by atoms with Crippen LogP contribution in [-0.2, 0) is 4.79 Å². The number of alkyl halides is 3. The molecule has 112 valence electrons. The first-order valence-electron chi connectivity index (χ1n) is 5.57. The Hall–Kier alpha value is -1.09.